The van der Waals surface area contributed by atoms with Gasteiger partial charge in [0.1, 0.15) is 0 Å². The first-order valence-corrected chi connectivity index (χ1v) is 6.02. The van der Waals surface area contributed by atoms with Gasteiger partial charge < -0.3 is 20.1 Å². The van der Waals surface area contributed by atoms with Crippen LogP contribution < -0.4 is 10.8 Å². The maximum Gasteiger partial charge on any atom is 0.488 e. The number of ether oxygens (including phenoxy) is 1. The first kappa shape index (κ1) is 13.1. The summed E-state index contributed by atoms with van der Waals surface area (Å²) in [6, 6.07) is 6.18. The summed E-state index contributed by atoms with van der Waals surface area (Å²) in [5.41, 5.74) is 0.864. The van der Waals surface area contributed by atoms with Gasteiger partial charge in [-0.05, 0) is 30.4 Å². The van der Waals surface area contributed by atoms with Crippen LogP contribution in [0.1, 0.15) is 23.2 Å². The Morgan fingerprint density at radius 3 is 2.67 bits per heavy atom. The highest BCUT2D eigenvalue weighted by molar-refractivity contribution is 6.58. The molecule has 5 nitrogen and oxygen atoms in total. The molecule has 0 aliphatic carbocycles. The van der Waals surface area contributed by atoms with Crippen LogP contribution in [0.2, 0.25) is 0 Å². The van der Waals surface area contributed by atoms with Gasteiger partial charge in [0, 0.05) is 18.7 Å². The van der Waals surface area contributed by atoms with Gasteiger partial charge in [-0.15, -0.1) is 0 Å². The van der Waals surface area contributed by atoms with Crippen LogP contribution in [0.4, 0.5) is 0 Å². The lowest BCUT2D eigenvalue weighted by Crippen LogP contribution is -2.33. The largest absolute Gasteiger partial charge is 0.488 e. The first-order valence-electron chi connectivity index (χ1n) is 6.02. The van der Waals surface area contributed by atoms with E-state index in [0.717, 1.165) is 19.4 Å². The van der Waals surface area contributed by atoms with Crippen LogP contribution in [0.5, 0.6) is 0 Å². The Bertz CT molecular complexity index is 401. The molecule has 0 spiro atoms. The molecular weight excluding hydrogens is 233 g/mol. The summed E-state index contributed by atoms with van der Waals surface area (Å²) in [7, 11) is -1.51. The standard InChI is InChI=1S/C12H16BNO4/c15-12(14-8-11-2-1-7-18-11)9-3-5-10(6-4-9)13(16)17/h3-6,11,16-17H,1-2,7-8H2,(H,14,15)/t11-/m1/s1. The van der Waals surface area contributed by atoms with Gasteiger partial charge in [0.15, 0.2) is 0 Å². The van der Waals surface area contributed by atoms with E-state index in [0.29, 0.717) is 17.6 Å². The van der Waals surface area contributed by atoms with Gasteiger partial charge >= 0.3 is 7.12 Å². The van der Waals surface area contributed by atoms with Crippen molar-refractivity contribution in [1.82, 2.24) is 5.32 Å². The number of nitrogens with one attached hydrogen (secondary N) is 1. The predicted molar refractivity (Wildman–Crippen MR) is 67.6 cm³/mol. The Morgan fingerprint density at radius 2 is 2.11 bits per heavy atom. The van der Waals surface area contributed by atoms with E-state index in [1.54, 1.807) is 12.1 Å². The van der Waals surface area contributed by atoms with Crippen molar-refractivity contribution in [2.45, 2.75) is 18.9 Å². The maximum atomic E-state index is 11.8. The third-order valence-electron chi connectivity index (χ3n) is 2.99. The molecule has 1 aliphatic heterocycles. The van der Waals surface area contributed by atoms with Crippen LogP contribution in [0.3, 0.4) is 0 Å². The average molecular weight is 249 g/mol. The lowest BCUT2D eigenvalue weighted by atomic mass is 9.80. The Kier molecular flexibility index (Phi) is 4.35. The van der Waals surface area contributed by atoms with E-state index in [9.17, 15) is 4.79 Å². The number of rotatable bonds is 4. The molecule has 0 saturated carbocycles. The minimum Gasteiger partial charge on any atom is -0.423 e. The topological polar surface area (TPSA) is 78.8 Å². The summed E-state index contributed by atoms with van der Waals surface area (Å²) in [5.74, 6) is -0.176. The molecule has 1 saturated heterocycles. The van der Waals surface area contributed by atoms with E-state index in [-0.39, 0.29) is 12.0 Å². The molecule has 0 bridgehead atoms. The number of amides is 1. The van der Waals surface area contributed by atoms with Gasteiger partial charge in [-0.1, -0.05) is 12.1 Å². The molecule has 1 atom stereocenters. The first-order chi connectivity index (χ1) is 8.66. The molecule has 3 N–H and O–H groups in total. The van der Waals surface area contributed by atoms with Crippen molar-refractivity contribution in [3.8, 4) is 0 Å². The number of benzene rings is 1. The summed E-state index contributed by atoms with van der Waals surface area (Å²) in [6.45, 7) is 1.28. The zero-order valence-electron chi connectivity index (χ0n) is 10.0. The van der Waals surface area contributed by atoms with E-state index in [2.05, 4.69) is 5.32 Å². The smallest absolute Gasteiger partial charge is 0.423 e. The van der Waals surface area contributed by atoms with Crippen molar-refractivity contribution >= 4 is 18.5 Å². The molecule has 1 aromatic rings. The fraction of sp³-hybridized carbons (Fsp3) is 0.417. The molecule has 0 radical (unpaired) electrons. The molecular formula is C12H16BNO4. The summed E-state index contributed by atoms with van der Waals surface area (Å²) in [4.78, 5) is 11.8. The van der Waals surface area contributed by atoms with Crippen molar-refractivity contribution in [1.29, 1.82) is 0 Å². The van der Waals surface area contributed by atoms with Crippen molar-refractivity contribution in [3.63, 3.8) is 0 Å². The van der Waals surface area contributed by atoms with E-state index >= 15 is 0 Å². The van der Waals surface area contributed by atoms with Crippen LogP contribution in [0, 0.1) is 0 Å². The minimum absolute atomic E-state index is 0.118. The third-order valence-corrected chi connectivity index (χ3v) is 2.99. The molecule has 1 aliphatic rings. The fourth-order valence-corrected chi connectivity index (χ4v) is 1.92. The van der Waals surface area contributed by atoms with Gasteiger partial charge in [0.05, 0.1) is 6.10 Å². The summed E-state index contributed by atoms with van der Waals surface area (Å²) >= 11 is 0. The SMILES string of the molecule is O=C(NC[C@H]1CCCO1)c1ccc(B(O)O)cc1. The minimum atomic E-state index is -1.51. The molecule has 1 aromatic carbocycles. The molecule has 0 unspecified atom stereocenters. The van der Waals surface area contributed by atoms with Gasteiger partial charge in [0.2, 0.25) is 0 Å². The van der Waals surface area contributed by atoms with Gasteiger partial charge in [0.25, 0.3) is 5.91 Å². The lowest BCUT2D eigenvalue weighted by molar-refractivity contribution is 0.0858. The highest BCUT2D eigenvalue weighted by Gasteiger charge is 2.17. The summed E-state index contributed by atoms with van der Waals surface area (Å²) < 4.78 is 5.41. The van der Waals surface area contributed by atoms with Crippen LogP contribution >= 0.6 is 0 Å². The second-order valence-corrected chi connectivity index (χ2v) is 4.34. The highest BCUT2D eigenvalue weighted by atomic mass is 16.5. The highest BCUT2D eigenvalue weighted by Crippen LogP contribution is 2.10. The Morgan fingerprint density at radius 1 is 1.39 bits per heavy atom. The van der Waals surface area contributed by atoms with E-state index < -0.39 is 7.12 Å². The third kappa shape index (κ3) is 3.32. The van der Waals surface area contributed by atoms with Crippen molar-refractivity contribution in [2.75, 3.05) is 13.2 Å². The van der Waals surface area contributed by atoms with Crippen LogP contribution in [0.15, 0.2) is 24.3 Å². The van der Waals surface area contributed by atoms with Crippen molar-refractivity contribution in [3.05, 3.63) is 29.8 Å². The predicted octanol–water partition coefficient (Wildman–Crippen LogP) is -0.725. The number of hydrogen-bond donors (Lipinski definition) is 3. The van der Waals surface area contributed by atoms with Crippen LogP contribution in [-0.2, 0) is 4.74 Å². The summed E-state index contributed by atoms with van der Waals surface area (Å²) in [6.07, 6.45) is 2.15. The normalized spacial score (nSPS) is 18.7. The maximum absolute atomic E-state index is 11.8. The Hall–Kier alpha value is -1.37. The Labute approximate surface area is 106 Å². The molecule has 1 fully saturated rings. The number of carbonyl (C=O) groups excluding carboxylic acids is 1. The Balaban J connectivity index is 1.87. The van der Waals surface area contributed by atoms with E-state index in [4.69, 9.17) is 14.8 Å². The van der Waals surface area contributed by atoms with Crippen LogP contribution in [-0.4, -0.2) is 42.3 Å². The second kappa shape index (κ2) is 5.99. The molecule has 6 heteroatoms. The second-order valence-electron chi connectivity index (χ2n) is 4.34. The molecule has 1 amide bonds. The van der Waals surface area contributed by atoms with Gasteiger partial charge in [-0.3, -0.25) is 4.79 Å². The van der Waals surface area contributed by atoms with Gasteiger partial charge in [-0.25, -0.2) is 0 Å². The molecule has 96 valence electrons. The van der Waals surface area contributed by atoms with E-state index in [1.807, 2.05) is 0 Å². The average Bonchev–Trinajstić information content (AvgIpc) is 2.89. The molecule has 0 aromatic heterocycles. The zero-order chi connectivity index (χ0) is 13.0. The zero-order valence-corrected chi connectivity index (χ0v) is 10.0. The molecule has 18 heavy (non-hydrogen) atoms. The van der Waals surface area contributed by atoms with Crippen LogP contribution in [0.25, 0.3) is 0 Å². The quantitative estimate of drug-likeness (QED) is 0.615. The van der Waals surface area contributed by atoms with E-state index in [1.165, 1.54) is 12.1 Å². The number of hydrogen-bond acceptors (Lipinski definition) is 4. The molecule has 2 rings (SSSR count). The summed E-state index contributed by atoms with van der Waals surface area (Å²) in [5, 5.41) is 20.7. The number of carbonyl (C=O) groups is 1. The fourth-order valence-electron chi connectivity index (χ4n) is 1.92. The lowest BCUT2D eigenvalue weighted by Gasteiger charge is -2.11. The van der Waals surface area contributed by atoms with Crippen molar-refractivity contribution < 1.29 is 19.6 Å². The van der Waals surface area contributed by atoms with Gasteiger partial charge in [-0.2, -0.15) is 0 Å². The van der Waals surface area contributed by atoms with Crippen molar-refractivity contribution in [2.24, 2.45) is 0 Å². The monoisotopic (exact) mass is 249 g/mol. The molecule has 1 heterocycles.